The van der Waals surface area contributed by atoms with Crippen LogP contribution in [-0.2, 0) is 0 Å². The van der Waals surface area contributed by atoms with Crippen molar-refractivity contribution in [3.8, 4) is 0 Å². The van der Waals surface area contributed by atoms with Gasteiger partial charge in [-0.1, -0.05) is 23.1 Å². The average molecular weight is 216 g/mol. The molecule has 2 aromatic heterocycles. The third-order valence-corrected chi connectivity index (χ3v) is 2.88. The molecule has 1 N–H and O–H groups in total. The molecule has 0 spiro atoms. The average Bonchev–Trinajstić information content (AvgIpc) is 2.43. The number of thioether (sulfide) groups is 1. The normalized spacial score (nSPS) is 10.8. The molecule has 0 fully saturated rings. The maximum Gasteiger partial charge on any atom is 0.210 e. The molecule has 7 heteroatoms. The zero-order valence-corrected chi connectivity index (χ0v) is 8.52. The number of hydrogen-bond donors (Lipinski definition) is 1. The molecule has 0 aliphatic heterocycles. The Bertz CT molecular complexity index is 459. The lowest BCUT2D eigenvalue weighted by molar-refractivity contribution is 0.879. The monoisotopic (exact) mass is 216 g/mol. The van der Waals surface area contributed by atoms with Crippen LogP contribution in [-0.4, -0.2) is 26.4 Å². The highest BCUT2D eigenvalue weighted by atomic mass is 32.2. The smallest absolute Gasteiger partial charge is 0.210 e. The Labute approximate surface area is 81.4 Å². The number of nitrogens with zero attached hydrogens (tertiary/aromatic N) is 3. The van der Waals surface area contributed by atoms with Gasteiger partial charge in [0.2, 0.25) is 5.16 Å². The first-order valence-electron chi connectivity index (χ1n) is 3.07. The zero-order chi connectivity index (χ0) is 8.55. The number of aromatic amines is 1. The Kier molecular flexibility index (Phi) is 2.07. The van der Waals surface area contributed by atoms with Gasteiger partial charge in [-0.15, -0.1) is 10.2 Å². The van der Waals surface area contributed by atoms with Gasteiger partial charge in [-0.25, -0.2) is 4.98 Å². The maximum absolute atomic E-state index is 4.94. The maximum atomic E-state index is 4.94. The van der Waals surface area contributed by atoms with Crippen molar-refractivity contribution in [2.75, 3.05) is 6.26 Å². The minimum atomic E-state index is 0.669. The van der Waals surface area contributed by atoms with E-state index in [1.807, 2.05) is 6.26 Å². The van der Waals surface area contributed by atoms with Gasteiger partial charge in [0.1, 0.15) is 0 Å². The fourth-order valence-corrected chi connectivity index (χ4v) is 2.08. The Morgan fingerprint density at radius 1 is 1.50 bits per heavy atom. The number of hydrogen-bond acceptors (Lipinski definition) is 6. The summed E-state index contributed by atoms with van der Waals surface area (Å²) in [5, 5.41) is 8.47. The molecule has 0 aromatic carbocycles. The summed E-state index contributed by atoms with van der Waals surface area (Å²) in [7, 11) is 0. The Hall–Kier alpha value is -0.530. The van der Waals surface area contributed by atoms with E-state index in [1.54, 1.807) is 0 Å². The van der Waals surface area contributed by atoms with Crippen LogP contribution in [0.4, 0.5) is 0 Å². The van der Waals surface area contributed by atoms with Crippen molar-refractivity contribution in [1.29, 1.82) is 0 Å². The summed E-state index contributed by atoms with van der Waals surface area (Å²) in [5.74, 6) is 0. The van der Waals surface area contributed by atoms with Gasteiger partial charge in [-0.2, -0.15) is 0 Å². The molecule has 2 heterocycles. The third kappa shape index (κ3) is 1.35. The summed E-state index contributed by atoms with van der Waals surface area (Å²) >= 11 is 7.82. The number of thiazole rings is 1. The summed E-state index contributed by atoms with van der Waals surface area (Å²) in [6.45, 7) is 0. The molecule has 0 bridgehead atoms. The van der Waals surface area contributed by atoms with Crippen molar-refractivity contribution < 1.29 is 0 Å². The second kappa shape index (κ2) is 3.08. The van der Waals surface area contributed by atoms with Crippen LogP contribution in [0.3, 0.4) is 0 Å². The molecule has 12 heavy (non-hydrogen) atoms. The van der Waals surface area contributed by atoms with Crippen molar-refractivity contribution in [3.05, 3.63) is 3.95 Å². The Morgan fingerprint density at radius 3 is 3.08 bits per heavy atom. The van der Waals surface area contributed by atoms with Crippen molar-refractivity contribution in [3.63, 3.8) is 0 Å². The van der Waals surface area contributed by atoms with Crippen LogP contribution in [0.2, 0.25) is 0 Å². The molecule has 0 aliphatic rings. The minimum Gasteiger partial charge on any atom is -0.319 e. The second-order valence-corrected chi connectivity index (χ2v) is 4.41. The van der Waals surface area contributed by atoms with Gasteiger partial charge in [-0.3, -0.25) is 0 Å². The first-order chi connectivity index (χ1) is 5.79. The van der Waals surface area contributed by atoms with Gasteiger partial charge in [0, 0.05) is 0 Å². The largest absolute Gasteiger partial charge is 0.319 e. The molecule has 0 saturated carbocycles. The summed E-state index contributed by atoms with van der Waals surface area (Å²) < 4.78 is 0.685. The molecule has 0 aliphatic carbocycles. The van der Waals surface area contributed by atoms with Gasteiger partial charge in [0.25, 0.3) is 0 Å². The lowest BCUT2D eigenvalue weighted by atomic mass is 10.8. The fraction of sp³-hybridized carbons (Fsp3) is 0.200. The topological polar surface area (TPSA) is 54.5 Å². The van der Waals surface area contributed by atoms with E-state index >= 15 is 0 Å². The van der Waals surface area contributed by atoms with Crippen LogP contribution in [0.5, 0.6) is 0 Å². The molecule has 0 radical (unpaired) electrons. The van der Waals surface area contributed by atoms with E-state index in [0.717, 1.165) is 4.83 Å². The molecule has 0 unspecified atom stereocenters. The van der Waals surface area contributed by atoms with Crippen LogP contribution in [0.25, 0.3) is 10.5 Å². The van der Waals surface area contributed by atoms with Gasteiger partial charge in [0.05, 0.1) is 0 Å². The van der Waals surface area contributed by atoms with Crippen LogP contribution in [0.15, 0.2) is 5.16 Å². The van der Waals surface area contributed by atoms with Crippen molar-refractivity contribution >= 4 is 45.8 Å². The van der Waals surface area contributed by atoms with Gasteiger partial charge in [-0.05, 0) is 18.5 Å². The number of aromatic nitrogens is 4. The number of nitrogens with one attached hydrogen (secondary N) is 1. The summed E-state index contributed by atoms with van der Waals surface area (Å²) in [5.41, 5.74) is 0.669. The summed E-state index contributed by atoms with van der Waals surface area (Å²) in [6, 6.07) is 0. The van der Waals surface area contributed by atoms with E-state index in [-0.39, 0.29) is 0 Å². The second-order valence-electron chi connectivity index (χ2n) is 1.97. The van der Waals surface area contributed by atoms with Crippen LogP contribution >= 0.6 is 35.3 Å². The molecule has 4 nitrogen and oxygen atoms in total. The quantitative estimate of drug-likeness (QED) is 0.582. The fourth-order valence-electron chi connectivity index (χ4n) is 0.744. The van der Waals surface area contributed by atoms with Crippen molar-refractivity contribution in [2.45, 2.75) is 5.16 Å². The summed E-state index contributed by atoms with van der Waals surface area (Å²) in [4.78, 5) is 7.94. The van der Waals surface area contributed by atoms with Crippen LogP contribution in [0.1, 0.15) is 0 Å². The number of fused-ring (bicyclic) bond motifs is 1. The van der Waals surface area contributed by atoms with E-state index in [1.165, 1.54) is 23.1 Å². The predicted octanol–water partition coefficient (Wildman–Crippen LogP) is 1.87. The zero-order valence-electron chi connectivity index (χ0n) is 6.07. The van der Waals surface area contributed by atoms with E-state index in [4.69, 9.17) is 12.2 Å². The molecule has 0 atom stereocenters. The van der Waals surface area contributed by atoms with Gasteiger partial charge in [0.15, 0.2) is 14.4 Å². The standard InChI is InChI=1S/C5H4N4S3/c1-11-4-7-3-2(8-9-4)6-5(10)12-3/h1H3,(H,6,8,10). The van der Waals surface area contributed by atoms with Gasteiger partial charge >= 0.3 is 0 Å². The molecular formula is C5H4N4S3. The van der Waals surface area contributed by atoms with E-state index < -0.39 is 0 Å². The lowest BCUT2D eigenvalue weighted by Crippen LogP contribution is -1.89. The molecule has 0 saturated heterocycles. The minimum absolute atomic E-state index is 0.669. The number of H-pyrrole nitrogens is 1. The third-order valence-electron chi connectivity index (χ3n) is 1.23. The van der Waals surface area contributed by atoms with Crippen molar-refractivity contribution in [2.24, 2.45) is 0 Å². The van der Waals surface area contributed by atoms with E-state index in [0.29, 0.717) is 14.8 Å². The predicted molar refractivity (Wildman–Crippen MR) is 52.2 cm³/mol. The molecule has 2 aromatic rings. The Morgan fingerprint density at radius 2 is 2.33 bits per heavy atom. The van der Waals surface area contributed by atoms with Crippen molar-refractivity contribution in [1.82, 2.24) is 20.2 Å². The molecule has 0 amide bonds. The molecule has 62 valence electrons. The molecular weight excluding hydrogens is 212 g/mol. The lowest BCUT2D eigenvalue weighted by Gasteiger charge is -1.89. The van der Waals surface area contributed by atoms with Crippen LogP contribution in [0, 0.1) is 3.95 Å². The van der Waals surface area contributed by atoms with E-state index in [9.17, 15) is 0 Å². The summed E-state index contributed by atoms with van der Waals surface area (Å²) in [6.07, 6.45) is 1.91. The highest BCUT2D eigenvalue weighted by Crippen LogP contribution is 2.16. The van der Waals surface area contributed by atoms with Crippen LogP contribution < -0.4 is 0 Å². The Balaban J connectivity index is 2.74. The van der Waals surface area contributed by atoms with Gasteiger partial charge < -0.3 is 4.98 Å². The first-order valence-corrected chi connectivity index (χ1v) is 5.52. The number of rotatable bonds is 1. The molecule has 2 rings (SSSR count). The SMILES string of the molecule is CSc1nnc2[nH]c(=S)sc2n1. The first kappa shape index (κ1) is 8.09. The van der Waals surface area contributed by atoms with E-state index in [2.05, 4.69) is 20.2 Å². The highest BCUT2D eigenvalue weighted by molar-refractivity contribution is 7.98. The highest BCUT2D eigenvalue weighted by Gasteiger charge is 2.02.